The van der Waals surface area contributed by atoms with Crippen molar-refractivity contribution >= 4 is 18.0 Å². The molecule has 1 unspecified atom stereocenters. The maximum Gasteiger partial charge on any atom is 0.326 e. The van der Waals surface area contributed by atoms with Crippen LogP contribution in [0.3, 0.4) is 0 Å². The Morgan fingerprint density at radius 2 is 2.11 bits per heavy atom. The Morgan fingerprint density at radius 3 is 2.63 bits per heavy atom. The minimum absolute atomic E-state index is 0.203. The molecule has 0 aromatic rings. The first-order valence-electron chi connectivity index (χ1n) is 6.20. The Balaban J connectivity index is 2.61. The fraction of sp³-hybridized carbons (Fsp3) is 0.750. The van der Waals surface area contributed by atoms with E-state index in [0.29, 0.717) is 19.4 Å². The minimum atomic E-state index is -0.986. The van der Waals surface area contributed by atoms with Gasteiger partial charge in [-0.05, 0) is 12.8 Å². The van der Waals surface area contributed by atoms with Gasteiger partial charge in [0.2, 0.25) is 0 Å². The summed E-state index contributed by atoms with van der Waals surface area (Å²) in [5.41, 5.74) is 0. The molecule has 0 spiro atoms. The number of ether oxygens (including phenoxy) is 1. The molecule has 7 nitrogen and oxygen atoms in total. The largest absolute Gasteiger partial charge is 0.480 e. The first-order chi connectivity index (χ1) is 8.88. The Bertz CT molecular complexity index is 371. The van der Waals surface area contributed by atoms with Crippen LogP contribution in [0, 0.1) is 5.92 Å². The van der Waals surface area contributed by atoms with Gasteiger partial charge in [-0.15, -0.1) is 0 Å². The lowest BCUT2D eigenvalue weighted by atomic mass is 10.2. The molecule has 0 radical (unpaired) electrons. The van der Waals surface area contributed by atoms with Gasteiger partial charge in [0.25, 0.3) is 0 Å². The molecule has 1 heterocycles. The van der Waals surface area contributed by atoms with Crippen LogP contribution in [0.1, 0.15) is 19.8 Å². The van der Waals surface area contributed by atoms with Crippen molar-refractivity contribution in [3.63, 3.8) is 0 Å². The lowest BCUT2D eigenvalue weighted by Crippen LogP contribution is -2.48. The lowest BCUT2D eigenvalue weighted by molar-refractivity contribution is -0.145. The number of amides is 2. The van der Waals surface area contributed by atoms with Gasteiger partial charge in [0.1, 0.15) is 6.04 Å². The van der Waals surface area contributed by atoms with Gasteiger partial charge in [0.05, 0.1) is 13.0 Å². The topological polar surface area (TPSA) is 87.2 Å². The number of methoxy groups -OCH3 is 1. The number of carbonyl (C=O) groups excluding carboxylic acids is 2. The summed E-state index contributed by atoms with van der Waals surface area (Å²) in [6.07, 6.45) is 1.16. The summed E-state index contributed by atoms with van der Waals surface area (Å²) in [5.74, 6) is -1.82. The highest BCUT2D eigenvalue weighted by Gasteiger charge is 2.35. The van der Waals surface area contributed by atoms with Gasteiger partial charge >= 0.3 is 18.0 Å². The number of rotatable bonds is 4. The monoisotopic (exact) mass is 272 g/mol. The third kappa shape index (κ3) is 3.59. The van der Waals surface area contributed by atoms with Crippen molar-refractivity contribution in [2.45, 2.75) is 25.8 Å². The second-order valence-corrected chi connectivity index (χ2v) is 4.78. The van der Waals surface area contributed by atoms with Gasteiger partial charge in [-0.2, -0.15) is 0 Å². The third-order valence-corrected chi connectivity index (χ3v) is 3.26. The molecule has 0 aromatic carbocycles. The quantitative estimate of drug-likeness (QED) is 0.748. The van der Waals surface area contributed by atoms with E-state index in [4.69, 9.17) is 5.11 Å². The second kappa shape index (κ2) is 6.40. The number of carboxylic acids is 1. The Kier molecular flexibility index (Phi) is 5.14. The van der Waals surface area contributed by atoms with E-state index in [1.54, 1.807) is 14.0 Å². The molecule has 1 rings (SSSR count). The van der Waals surface area contributed by atoms with E-state index in [-0.39, 0.29) is 12.6 Å². The van der Waals surface area contributed by atoms with Crippen LogP contribution in [0.5, 0.6) is 0 Å². The Hall–Kier alpha value is -1.79. The van der Waals surface area contributed by atoms with Crippen molar-refractivity contribution in [3.05, 3.63) is 0 Å². The van der Waals surface area contributed by atoms with Crippen LogP contribution < -0.4 is 0 Å². The fourth-order valence-corrected chi connectivity index (χ4v) is 2.24. The molecule has 7 heteroatoms. The maximum absolute atomic E-state index is 12.1. The predicted molar refractivity (Wildman–Crippen MR) is 66.6 cm³/mol. The predicted octanol–water partition coefficient (Wildman–Crippen LogP) is 0.396. The second-order valence-electron chi connectivity index (χ2n) is 4.78. The minimum Gasteiger partial charge on any atom is -0.480 e. The zero-order valence-corrected chi connectivity index (χ0v) is 11.5. The van der Waals surface area contributed by atoms with Gasteiger partial charge in [0, 0.05) is 20.1 Å². The van der Waals surface area contributed by atoms with Gasteiger partial charge < -0.3 is 19.6 Å². The summed E-state index contributed by atoms with van der Waals surface area (Å²) in [5, 5.41) is 9.04. The number of nitrogens with zero attached hydrogens (tertiary/aromatic N) is 2. The number of hydrogen-bond donors (Lipinski definition) is 1. The summed E-state index contributed by atoms with van der Waals surface area (Å²) in [4.78, 5) is 37.2. The van der Waals surface area contributed by atoms with Crippen LogP contribution in [0.2, 0.25) is 0 Å². The van der Waals surface area contributed by atoms with E-state index in [1.807, 2.05) is 0 Å². The van der Waals surface area contributed by atoms with Crippen LogP contribution in [0.25, 0.3) is 0 Å². The van der Waals surface area contributed by atoms with E-state index in [1.165, 1.54) is 16.9 Å². The van der Waals surface area contributed by atoms with Crippen molar-refractivity contribution in [1.29, 1.82) is 0 Å². The van der Waals surface area contributed by atoms with Crippen LogP contribution in [-0.2, 0) is 14.3 Å². The molecule has 0 bridgehead atoms. The number of carboxylic acid groups (broad SMARTS) is 1. The number of hydrogen-bond acceptors (Lipinski definition) is 4. The first kappa shape index (κ1) is 15.3. The first-order valence-corrected chi connectivity index (χ1v) is 6.20. The van der Waals surface area contributed by atoms with E-state index in [2.05, 4.69) is 4.74 Å². The van der Waals surface area contributed by atoms with Crippen molar-refractivity contribution in [2.24, 2.45) is 5.92 Å². The number of aliphatic carboxylic acids is 1. The third-order valence-electron chi connectivity index (χ3n) is 3.26. The summed E-state index contributed by atoms with van der Waals surface area (Å²) < 4.78 is 4.59. The standard InChI is InChI=1S/C12H20N2O5/c1-8(11(17)19-3)7-13(2)12(18)14-6-4-5-9(14)10(15)16/h8-9H,4-7H2,1-3H3,(H,15,16)/t8?,9-/m1/s1. The molecular formula is C12H20N2O5. The number of urea groups is 1. The van der Waals surface area contributed by atoms with Crippen molar-refractivity contribution < 1.29 is 24.2 Å². The molecule has 1 aliphatic heterocycles. The molecule has 2 amide bonds. The highest BCUT2D eigenvalue weighted by Crippen LogP contribution is 2.19. The highest BCUT2D eigenvalue weighted by molar-refractivity contribution is 5.83. The zero-order chi connectivity index (χ0) is 14.6. The van der Waals surface area contributed by atoms with E-state index in [0.717, 1.165) is 0 Å². The molecule has 1 saturated heterocycles. The summed E-state index contributed by atoms with van der Waals surface area (Å²) in [6, 6.07) is -1.12. The molecule has 1 fully saturated rings. The Morgan fingerprint density at radius 1 is 1.47 bits per heavy atom. The molecule has 1 N–H and O–H groups in total. The molecule has 2 atom stereocenters. The van der Waals surface area contributed by atoms with Crippen molar-refractivity contribution in [2.75, 3.05) is 27.2 Å². The van der Waals surface area contributed by atoms with Crippen LogP contribution in [0.4, 0.5) is 4.79 Å². The number of esters is 1. The Labute approximate surface area is 112 Å². The zero-order valence-electron chi connectivity index (χ0n) is 11.5. The van der Waals surface area contributed by atoms with Crippen LogP contribution in [0.15, 0.2) is 0 Å². The van der Waals surface area contributed by atoms with Crippen LogP contribution >= 0.6 is 0 Å². The molecule has 19 heavy (non-hydrogen) atoms. The SMILES string of the molecule is COC(=O)C(C)CN(C)C(=O)N1CCC[C@@H]1C(=O)O. The number of likely N-dealkylation sites (tertiary alicyclic amines) is 1. The summed E-state index contributed by atoms with van der Waals surface area (Å²) in [6.45, 7) is 2.30. The van der Waals surface area contributed by atoms with E-state index >= 15 is 0 Å². The average Bonchev–Trinajstić information content (AvgIpc) is 2.85. The fourth-order valence-electron chi connectivity index (χ4n) is 2.24. The molecule has 108 valence electrons. The molecule has 0 aliphatic carbocycles. The maximum atomic E-state index is 12.1. The van der Waals surface area contributed by atoms with Gasteiger partial charge in [0.15, 0.2) is 0 Å². The van der Waals surface area contributed by atoms with Gasteiger partial charge in [-0.3, -0.25) is 4.79 Å². The average molecular weight is 272 g/mol. The highest BCUT2D eigenvalue weighted by atomic mass is 16.5. The lowest BCUT2D eigenvalue weighted by Gasteiger charge is -2.28. The molecular weight excluding hydrogens is 252 g/mol. The van der Waals surface area contributed by atoms with Gasteiger partial charge in [-0.1, -0.05) is 6.92 Å². The smallest absolute Gasteiger partial charge is 0.326 e. The van der Waals surface area contributed by atoms with E-state index < -0.39 is 23.9 Å². The van der Waals surface area contributed by atoms with Crippen LogP contribution in [-0.4, -0.2) is 66.2 Å². The number of carbonyl (C=O) groups is 3. The molecule has 0 saturated carbocycles. The molecule has 1 aliphatic rings. The van der Waals surface area contributed by atoms with Gasteiger partial charge in [-0.25, -0.2) is 9.59 Å². The molecule has 0 aromatic heterocycles. The van der Waals surface area contributed by atoms with Crippen molar-refractivity contribution in [1.82, 2.24) is 9.80 Å². The van der Waals surface area contributed by atoms with Crippen molar-refractivity contribution in [3.8, 4) is 0 Å². The van der Waals surface area contributed by atoms with E-state index in [9.17, 15) is 14.4 Å². The summed E-state index contributed by atoms with van der Waals surface area (Å²) in [7, 11) is 2.85. The normalized spacial score (nSPS) is 19.9. The summed E-state index contributed by atoms with van der Waals surface area (Å²) >= 11 is 0.